The lowest BCUT2D eigenvalue weighted by Gasteiger charge is -2.26. The van der Waals surface area contributed by atoms with E-state index in [0.29, 0.717) is 16.6 Å². The van der Waals surface area contributed by atoms with Crippen molar-refractivity contribution in [1.82, 2.24) is 4.90 Å². The predicted molar refractivity (Wildman–Crippen MR) is 113 cm³/mol. The molecule has 27 heavy (non-hydrogen) atoms. The van der Waals surface area contributed by atoms with Crippen molar-refractivity contribution in [2.45, 2.75) is 24.4 Å². The van der Waals surface area contributed by atoms with Crippen molar-refractivity contribution in [1.29, 1.82) is 0 Å². The average molecular weight is 441 g/mol. The summed E-state index contributed by atoms with van der Waals surface area (Å²) in [6, 6.07) is 15.1. The number of rotatable bonds is 4. The van der Waals surface area contributed by atoms with E-state index in [-0.39, 0.29) is 23.6 Å². The third-order valence-electron chi connectivity index (χ3n) is 4.74. The van der Waals surface area contributed by atoms with Gasteiger partial charge >= 0.3 is 0 Å². The Bertz CT molecular complexity index is 977. The van der Waals surface area contributed by atoms with Crippen molar-refractivity contribution in [2.24, 2.45) is 4.99 Å². The molecule has 4 rings (SSSR count). The Morgan fingerprint density at radius 1 is 1.04 bits per heavy atom. The number of nitrogens with zero attached hydrogens (tertiary/aromatic N) is 2. The quantitative estimate of drug-likeness (QED) is 0.712. The molecule has 0 spiro atoms. The summed E-state index contributed by atoms with van der Waals surface area (Å²) >= 11 is 13.7. The minimum atomic E-state index is -3.03. The van der Waals surface area contributed by atoms with E-state index >= 15 is 0 Å². The van der Waals surface area contributed by atoms with E-state index in [2.05, 4.69) is 4.90 Å². The zero-order valence-corrected chi connectivity index (χ0v) is 17.5. The van der Waals surface area contributed by atoms with E-state index < -0.39 is 9.84 Å². The summed E-state index contributed by atoms with van der Waals surface area (Å²) in [4.78, 5) is 6.88. The summed E-state index contributed by atoms with van der Waals surface area (Å²) in [6.45, 7) is 0.620. The topological polar surface area (TPSA) is 49.7 Å². The first-order chi connectivity index (χ1) is 12.9. The first kappa shape index (κ1) is 19.1. The summed E-state index contributed by atoms with van der Waals surface area (Å²) in [5.41, 5.74) is 2.20. The fourth-order valence-corrected chi connectivity index (χ4v) is 6.72. The summed E-state index contributed by atoms with van der Waals surface area (Å²) in [7, 11) is -3.03. The molecule has 0 N–H and O–H groups in total. The first-order valence-corrected chi connectivity index (χ1v) is 12.1. The van der Waals surface area contributed by atoms with Gasteiger partial charge in [-0.2, -0.15) is 0 Å². The summed E-state index contributed by atoms with van der Waals surface area (Å²) in [6.07, 6.45) is 0. The molecule has 2 aromatic rings. The number of amidine groups is 1. The van der Waals surface area contributed by atoms with Gasteiger partial charge in [-0.1, -0.05) is 59.2 Å². The number of benzene rings is 2. The molecule has 2 aliphatic heterocycles. The van der Waals surface area contributed by atoms with Crippen LogP contribution in [0, 0.1) is 0 Å². The highest BCUT2D eigenvalue weighted by Crippen LogP contribution is 2.33. The Hall–Kier alpha value is -1.21. The van der Waals surface area contributed by atoms with Gasteiger partial charge in [0, 0.05) is 22.3 Å². The zero-order chi connectivity index (χ0) is 19.0. The number of thioether (sulfide) groups is 1. The standard InChI is InChI=1S/C19H18Cl2N2O2S2/c20-15-6-4-13(5-7-15)9-23-18-12-27(24,25)11-17(18)22-19(23)26-10-14-2-1-3-16(21)8-14/h1-8,17-18H,9-12H2/t17-,18+/m1/s1. The van der Waals surface area contributed by atoms with Crippen molar-refractivity contribution in [3.8, 4) is 0 Å². The summed E-state index contributed by atoms with van der Waals surface area (Å²) < 4.78 is 24.2. The maximum atomic E-state index is 12.1. The lowest BCUT2D eigenvalue weighted by atomic mass is 10.1. The number of sulfone groups is 1. The third-order valence-corrected chi connectivity index (χ3v) is 8.00. The molecule has 0 aromatic heterocycles. The van der Waals surface area contributed by atoms with E-state index in [9.17, 15) is 8.42 Å². The van der Waals surface area contributed by atoms with Gasteiger partial charge in [0.1, 0.15) is 0 Å². The number of hydrogen-bond acceptors (Lipinski definition) is 5. The Kier molecular flexibility index (Phi) is 5.43. The fraction of sp³-hybridized carbons (Fsp3) is 0.316. The normalized spacial score (nSPS) is 23.3. The maximum Gasteiger partial charge on any atom is 0.160 e. The van der Waals surface area contributed by atoms with Crippen LogP contribution in [0.1, 0.15) is 11.1 Å². The number of hydrogen-bond donors (Lipinski definition) is 0. The Morgan fingerprint density at radius 2 is 1.81 bits per heavy atom. The van der Waals surface area contributed by atoms with Crippen LogP contribution in [0.3, 0.4) is 0 Å². The van der Waals surface area contributed by atoms with E-state index in [1.807, 2.05) is 48.5 Å². The zero-order valence-electron chi connectivity index (χ0n) is 14.4. The molecule has 2 aliphatic rings. The van der Waals surface area contributed by atoms with Gasteiger partial charge in [0.05, 0.1) is 23.6 Å². The fourth-order valence-electron chi connectivity index (χ4n) is 3.46. The van der Waals surface area contributed by atoms with Gasteiger partial charge in [0.2, 0.25) is 0 Å². The van der Waals surface area contributed by atoms with Crippen LogP contribution in [-0.4, -0.2) is 42.1 Å². The average Bonchev–Trinajstić information content (AvgIpc) is 3.07. The minimum absolute atomic E-state index is 0.0902. The van der Waals surface area contributed by atoms with Crippen LogP contribution < -0.4 is 0 Å². The van der Waals surface area contributed by atoms with Crippen molar-refractivity contribution < 1.29 is 8.42 Å². The Morgan fingerprint density at radius 3 is 2.56 bits per heavy atom. The van der Waals surface area contributed by atoms with Gasteiger partial charge in [-0.05, 0) is 35.4 Å². The van der Waals surface area contributed by atoms with E-state index in [4.69, 9.17) is 28.2 Å². The van der Waals surface area contributed by atoms with Crippen molar-refractivity contribution in [3.63, 3.8) is 0 Å². The molecule has 2 aromatic carbocycles. The van der Waals surface area contributed by atoms with Gasteiger partial charge in [0.25, 0.3) is 0 Å². The van der Waals surface area contributed by atoms with E-state index in [1.54, 1.807) is 11.8 Å². The van der Waals surface area contributed by atoms with Crippen molar-refractivity contribution in [2.75, 3.05) is 11.5 Å². The molecule has 1 saturated heterocycles. The molecule has 0 radical (unpaired) electrons. The second kappa shape index (κ2) is 7.66. The molecule has 2 atom stereocenters. The minimum Gasteiger partial charge on any atom is -0.341 e. The first-order valence-electron chi connectivity index (χ1n) is 8.56. The molecule has 0 unspecified atom stereocenters. The van der Waals surface area contributed by atoms with Gasteiger partial charge in [-0.25, -0.2) is 8.42 Å². The van der Waals surface area contributed by atoms with E-state index in [1.165, 1.54) is 0 Å². The molecule has 0 aliphatic carbocycles. The number of aliphatic imine (C=N–C) groups is 1. The van der Waals surface area contributed by atoms with Crippen LogP contribution in [-0.2, 0) is 22.1 Å². The molecular weight excluding hydrogens is 423 g/mol. The highest BCUT2D eigenvalue weighted by atomic mass is 35.5. The van der Waals surface area contributed by atoms with Crippen LogP contribution in [0.15, 0.2) is 53.5 Å². The molecule has 8 heteroatoms. The second-order valence-electron chi connectivity index (χ2n) is 6.80. The van der Waals surface area contributed by atoms with Crippen LogP contribution in [0.25, 0.3) is 0 Å². The van der Waals surface area contributed by atoms with Gasteiger partial charge in [-0.3, -0.25) is 4.99 Å². The highest BCUT2D eigenvalue weighted by Gasteiger charge is 2.46. The highest BCUT2D eigenvalue weighted by molar-refractivity contribution is 8.13. The Labute approximate surface area is 173 Å². The smallest absolute Gasteiger partial charge is 0.160 e. The lowest BCUT2D eigenvalue weighted by molar-refractivity contribution is 0.343. The van der Waals surface area contributed by atoms with Crippen LogP contribution >= 0.6 is 35.0 Å². The lowest BCUT2D eigenvalue weighted by Crippen LogP contribution is -2.38. The van der Waals surface area contributed by atoms with Gasteiger partial charge < -0.3 is 4.90 Å². The summed E-state index contributed by atoms with van der Waals surface area (Å²) in [5.74, 6) is 1.04. The molecule has 142 valence electrons. The predicted octanol–water partition coefficient (Wildman–Crippen LogP) is 4.26. The summed E-state index contributed by atoms with van der Waals surface area (Å²) in [5, 5.41) is 2.29. The third kappa shape index (κ3) is 4.45. The molecule has 0 saturated carbocycles. The Balaban J connectivity index is 1.54. The van der Waals surface area contributed by atoms with Gasteiger partial charge in [0.15, 0.2) is 15.0 Å². The number of halogens is 2. The molecule has 2 heterocycles. The molecule has 0 bridgehead atoms. The van der Waals surface area contributed by atoms with Gasteiger partial charge in [-0.15, -0.1) is 0 Å². The van der Waals surface area contributed by atoms with Crippen LogP contribution in [0.2, 0.25) is 10.0 Å². The van der Waals surface area contributed by atoms with Crippen molar-refractivity contribution in [3.05, 3.63) is 69.7 Å². The van der Waals surface area contributed by atoms with Crippen LogP contribution in [0.4, 0.5) is 0 Å². The monoisotopic (exact) mass is 440 g/mol. The maximum absolute atomic E-state index is 12.1. The largest absolute Gasteiger partial charge is 0.341 e. The van der Waals surface area contributed by atoms with Crippen molar-refractivity contribution >= 4 is 50.0 Å². The molecule has 4 nitrogen and oxygen atoms in total. The SMILES string of the molecule is O=S1(=O)C[C@H]2N=C(SCc3cccc(Cl)c3)N(Cc3ccc(Cl)cc3)[C@H]2C1. The number of fused-ring (bicyclic) bond motifs is 1. The van der Waals surface area contributed by atoms with E-state index in [0.717, 1.165) is 22.0 Å². The molecular formula is C19H18Cl2N2O2S2. The van der Waals surface area contributed by atoms with Crippen LogP contribution in [0.5, 0.6) is 0 Å². The second-order valence-corrected chi connectivity index (χ2v) is 10.8. The molecule has 0 amide bonds. The molecule has 1 fully saturated rings.